The third kappa shape index (κ3) is 8.30. The van der Waals surface area contributed by atoms with Gasteiger partial charge < -0.3 is 15.4 Å². The minimum Gasteiger partial charge on any atom is -0.484 e. The Morgan fingerprint density at radius 3 is 2.29 bits per heavy atom. The average molecular weight is 425 g/mol. The number of hydrogen-bond donors (Lipinski definition) is 3. The minimum atomic E-state index is -0.827. The highest BCUT2D eigenvalue weighted by atomic mass is 16.5. The number of aryl methyl sites for hydroxylation is 1. The molecule has 31 heavy (non-hydrogen) atoms. The molecule has 2 rings (SSSR count). The van der Waals surface area contributed by atoms with E-state index in [9.17, 15) is 14.4 Å². The van der Waals surface area contributed by atoms with Crippen LogP contribution in [0.4, 0.5) is 5.69 Å². The lowest BCUT2D eigenvalue weighted by molar-refractivity contribution is -0.139. The molecule has 0 saturated carbocycles. The summed E-state index contributed by atoms with van der Waals surface area (Å²) < 4.78 is 5.48. The SMILES string of the molecule is CCc1ccc(NC(=O)COc2ccc(/C=N\NC(=O)C(=O)N[C@@H](C)CC)cc2)cc1. The number of amides is 3. The van der Waals surface area contributed by atoms with Gasteiger partial charge in [-0.3, -0.25) is 14.4 Å². The zero-order valence-electron chi connectivity index (χ0n) is 18.0. The number of hydrogen-bond acceptors (Lipinski definition) is 5. The van der Waals surface area contributed by atoms with E-state index in [-0.39, 0.29) is 18.6 Å². The molecule has 8 nitrogen and oxygen atoms in total. The average Bonchev–Trinajstić information content (AvgIpc) is 2.78. The van der Waals surface area contributed by atoms with Crippen molar-refractivity contribution >= 4 is 29.6 Å². The lowest BCUT2D eigenvalue weighted by Crippen LogP contribution is -2.41. The highest BCUT2D eigenvalue weighted by Crippen LogP contribution is 2.12. The molecule has 8 heteroatoms. The number of hydrazone groups is 1. The molecular weight excluding hydrogens is 396 g/mol. The second-order valence-electron chi connectivity index (χ2n) is 6.94. The van der Waals surface area contributed by atoms with Crippen molar-refractivity contribution in [2.45, 2.75) is 39.7 Å². The van der Waals surface area contributed by atoms with E-state index in [0.29, 0.717) is 11.3 Å². The quantitative estimate of drug-likeness (QED) is 0.327. The van der Waals surface area contributed by atoms with E-state index in [1.807, 2.05) is 38.1 Å². The molecule has 0 aromatic heterocycles. The topological polar surface area (TPSA) is 109 Å². The zero-order chi connectivity index (χ0) is 22.6. The Balaban J connectivity index is 1.76. The maximum atomic E-state index is 12.0. The van der Waals surface area contributed by atoms with Crippen molar-refractivity contribution in [2.75, 3.05) is 11.9 Å². The molecule has 0 bridgehead atoms. The monoisotopic (exact) mass is 424 g/mol. The van der Waals surface area contributed by atoms with Gasteiger partial charge in [-0.05, 0) is 67.3 Å². The summed E-state index contributed by atoms with van der Waals surface area (Å²) in [7, 11) is 0. The van der Waals surface area contributed by atoms with Gasteiger partial charge in [0.25, 0.3) is 5.91 Å². The summed E-state index contributed by atoms with van der Waals surface area (Å²) in [6.45, 7) is 5.67. The summed E-state index contributed by atoms with van der Waals surface area (Å²) in [5, 5.41) is 9.10. The van der Waals surface area contributed by atoms with E-state index in [2.05, 4.69) is 28.1 Å². The number of carbonyl (C=O) groups is 3. The first kappa shape index (κ1) is 23.6. The molecule has 2 aromatic rings. The van der Waals surface area contributed by atoms with Crippen molar-refractivity contribution in [1.29, 1.82) is 0 Å². The van der Waals surface area contributed by atoms with Gasteiger partial charge in [0, 0.05) is 11.7 Å². The number of nitrogens with zero attached hydrogens (tertiary/aromatic N) is 1. The third-order valence-electron chi connectivity index (χ3n) is 4.47. The van der Waals surface area contributed by atoms with Crippen LogP contribution in [0, 0.1) is 0 Å². The fourth-order valence-corrected chi connectivity index (χ4v) is 2.43. The molecule has 0 aliphatic heterocycles. The van der Waals surface area contributed by atoms with Gasteiger partial charge in [0.05, 0.1) is 6.21 Å². The Hall–Kier alpha value is -3.68. The molecule has 2 aromatic carbocycles. The van der Waals surface area contributed by atoms with Crippen molar-refractivity contribution in [1.82, 2.24) is 10.7 Å². The lowest BCUT2D eigenvalue weighted by atomic mass is 10.1. The van der Waals surface area contributed by atoms with Crippen molar-refractivity contribution in [3.8, 4) is 5.75 Å². The Bertz CT molecular complexity index is 908. The highest BCUT2D eigenvalue weighted by Gasteiger charge is 2.14. The zero-order valence-corrected chi connectivity index (χ0v) is 18.0. The van der Waals surface area contributed by atoms with Crippen LogP contribution in [-0.4, -0.2) is 36.6 Å². The molecule has 0 heterocycles. The number of anilines is 1. The van der Waals surface area contributed by atoms with Crippen LogP contribution in [-0.2, 0) is 20.8 Å². The van der Waals surface area contributed by atoms with Gasteiger partial charge >= 0.3 is 11.8 Å². The fraction of sp³-hybridized carbons (Fsp3) is 0.304. The summed E-state index contributed by atoms with van der Waals surface area (Å²) in [6, 6.07) is 14.4. The van der Waals surface area contributed by atoms with Crippen LogP contribution >= 0.6 is 0 Å². The van der Waals surface area contributed by atoms with Gasteiger partial charge in [0.2, 0.25) is 0 Å². The maximum Gasteiger partial charge on any atom is 0.329 e. The molecule has 0 aliphatic carbocycles. The Morgan fingerprint density at radius 1 is 1.00 bits per heavy atom. The second kappa shape index (κ2) is 12.1. The predicted octanol–water partition coefficient (Wildman–Crippen LogP) is 2.63. The van der Waals surface area contributed by atoms with Crippen LogP contribution in [0.15, 0.2) is 53.6 Å². The lowest BCUT2D eigenvalue weighted by Gasteiger charge is -2.09. The highest BCUT2D eigenvalue weighted by molar-refractivity contribution is 6.35. The van der Waals surface area contributed by atoms with Gasteiger partial charge in [0.15, 0.2) is 6.61 Å². The second-order valence-corrected chi connectivity index (χ2v) is 6.94. The first-order chi connectivity index (χ1) is 14.9. The van der Waals surface area contributed by atoms with Gasteiger partial charge in [-0.25, -0.2) is 5.43 Å². The molecule has 1 atom stereocenters. The van der Waals surface area contributed by atoms with Crippen LogP contribution in [0.5, 0.6) is 5.75 Å². The van der Waals surface area contributed by atoms with E-state index in [4.69, 9.17) is 4.74 Å². The number of benzene rings is 2. The van der Waals surface area contributed by atoms with Crippen LogP contribution in [0.2, 0.25) is 0 Å². The van der Waals surface area contributed by atoms with Crippen molar-refractivity contribution in [3.05, 3.63) is 59.7 Å². The Morgan fingerprint density at radius 2 is 1.68 bits per heavy atom. The van der Waals surface area contributed by atoms with Crippen LogP contribution in [0.3, 0.4) is 0 Å². The smallest absolute Gasteiger partial charge is 0.329 e. The molecule has 0 spiro atoms. The fourth-order valence-electron chi connectivity index (χ4n) is 2.43. The maximum absolute atomic E-state index is 12.0. The molecule has 3 N–H and O–H groups in total. The summed E-state index contributed by atoms with van der Waals surface area (Å²) in [4.78, 5) is 35.3. The third-order valence-corrected chi connectivity index (χ3v) is 4.47. The Labute approximate surface area is 182 Å². The molecule has 0 aliphatic rings. The summed E-state index contributed by atoms with van der Waals surface area (Å²) in [6.07, 6.45) is 3.08. The van der Waals surface area contributed by atoms with Crippen LogP contribution in [0.1, 0.15) is 38.3 Å². The predicted molar refractivity (Wildman–Crippen MR) is 120 cm³/mol. The van der Waals surface area contributed by atoms with E-state index in [0.717, 1.165) is 18.5 Å². The molecule has 3 amide bonds. The number of rotatable bonds is 9. The first-order valence-electron chi connectivity index (χ1n) is 10.2. The molecule has 0 saturated heterocycles. The van der Waals surface area contributed by atoms with Crippen molar-refractivity contribution in [2.24, 2.45) is 5.10 Å². The summed E-state index contributed by atoms with van der Waals surface area (Å²) in [5.41, 5.74) is 4.79. The largest absolute Gasteiger partial charge is 0.484 e. The van der Waals surface area contributed by atoms with Crippen molar-refractivity contribution < 1.29 is 19.1 Å². The molecule has 164 valence electrons. The van der Waals surface area contributed by atoms with Gasteiger partial charge in [-0.1, -0.05) is 26.0 Å². The van der Waals surface area contributed by atoms with Gasteiger partial charge in [-0.2, -0.15) is 5.10 Å². The number of nitrogens with one attached hydrogen (secondary N) is 3. The van der Waals surface area contributed by atoms with Crippen LogP contribution < -0.4 is 20.8 Å². The summed E-state index contributed by atoms with van der Waals surface area (Å²) in [5.74, 6) is -1.29. The molecular formula is C23H28N4O4. The first-order valence-corrected chi connectivity index (χ1v) is 10.2. The number of carbonyl (C=O) groups excluding carboxylic acids is 3. The summed E-state index contributed by atoms with van der Waals surface area (Å²) >= 11 is 0. The minimum absolute atomic E-state index is 0.0848. The molecule has 0 unspecified atom stereocenters. The van der Waals surface area contributed by atoms with E-state index in [1.165, 1.54) is 11.8 Å². The number of ether oxygens (including phenoxy) is 1. The standard InChI is InChI=1S/C23H28N4O4/c1-4-16(3)25-22(29)23(30)27-24-14-18-8-12-20(13-9-18)31-15-21(28)26-19-10-6-17(5-2)7-11-19/h6-14,16H,4-5,15H2,1-3H3,(H,25,29)(H,26,28)(H,27,30)/b24-14-/t16-/m0/s1. The Kier molecular flexibility index (Phi) is 9.22. The van der Waals surface area contributed by atoms with Crippen LogP contribution in [0.25, 0.3) is 0 Å². The normalized spacial score (nSPS) is 11.6. The van der Waals surface area contributed by atoms with E-state index >= 15 is 0 Å². The van der Waals surface area contributed by atoms with Crippen molar-refractivity contribution in [3.63, 3.8) is 0 Å². The van der Waals surface area contributed by atoms with E-state index < -0.39 is 11.8 Å². The molecule has 0 fully saturated rings. The molecule has 0 radical (unpaired) electrons. The van der Waals surface area contributed by atoms with Gasteiger partial charge in [-0.15, -0.1) is 0 Å². The van der Waals surface area contributed by atoms with E-state index in [1.54, 1.807) is 24.3 Å². The van der Waals surface area contributed by atoms with Gasteiger partial charge in [0.1, 0.15) is 5.75 Å².